The molecule has 8 heteroatoms. The highest BCUT2D eigenvalue weighted by molar-refractivity contribution is 6.19. The van der Waals surface area contributed by atoms with Crippen LogP contribution >= 0.6 is 0 Å². The van der Waals surface area contributed by atoms with Crippen molar-refractivity contribution in [2.75, 3.05) is 52.7 Å². The number of rotatable bonds is 17. The van der Waals surface area contributed by atoms with Crippen molar-refractivity contribution in [2.24, 2.45) is 0 Å². The van der Waals surface area contributed by atoms with Gasteiger partial charge in [-0.1, -0.05) is 19.8 Å². The molecule has 0 atom stereocenters. The maximum atomic E-state index is 11.4. The predicted octanol–water partition coefficient (Wildman–Crippen LogP) is -0.0997. The highest BCUT2D eigenvalue weighted by Crippen LogP contribution is 1.97. The van der Waals surface area contributed by atoms with Crippen LogP contribution in [0.3, 0.4) is 0 Å². The normalized spacial score (nSPS) is 10.5. The van der Waals surface area contributed by atoms with Crippen molar-refractivity contribution in [3.63, 3.8) is 0 Å². The van der Waals surface area contributed by atoms with Crippen LogP contribution < -0.4 is 10.6 Å². The van der Waals surface area contributed by atoms with Gasteiger partial charge in [-0.25, -0.2) is 0 Å². The Kier molecular flexibility index (Phi) is 17.4. The zero-order valence-electron chi connectivity index (χ0n) is 15.2. The summed E-state index contributed by atoms with van der Waals surface area (Å²) in [6, 6.07) is 0. The Morgan fingerprint density at radius 1 is 0.792 bits per heavy atom. The Morgan fingerprint density at radius 2 is 1.29 bits per heavy atom. The first-order chi connectivity index (χ1) is 11.7. The van der Waals surface area contributed by atoms with Crippen molar-refractivity contribution in [3.05, 3.63) is 0 Å². The zero-order valence-corrected chi connectivity index (χ0v) is 15.2. The molecule has 0 saturated carbocycles. The molecule has 0 spiro atoms. The van der Waals surface area contributed by atoms with Crippen LogP contribution in [0.2, 0.25) is 6.32 Å². The third-order valence-electron chi connectivity index (χ3n) is 3.21. The van der Waals surface area contributed by atoms with Crippen LogP contribution in [0.4, 0.5) is 0 Å². The molecule has 0 aromatic carbocycles. The van der Waals surface area contributed by atoms with Gasteiger partial charge in [0.15, 0.2) is 0 Å². The summed E-state index contributed by atoms with van der Waals surface area (Å²) >= 11 is 0. The summed E-state index contributed by atoms with van der Waals surface area (Å²) < 4.78 is 16.0. The molecule has 0 rings (SSSR count). The Hall–Kier alpha value is -1.12. The summed E-state index contributed by atoms with van der Waals surface area (Å²) in [5, 5.41) is 5.56. The van der Waals surface area contributed by atoms with Crippen LogP contribution in [0.5, 0.6) is 0 Å². The lowest BCUT2D eigenvalue weighted by molar-refractivity contribution is -0.121. The lowest BCUT2D eigenvalue weighted by Gasteiger charge is -2.08. The van der Waals surface area contributed by atoms with Crippen molar-refractivity contribution in [1.29, 1.82) is 0 Å². The molecule has 2 N–H and O–H groups in total. The lowest BCUT2D eigenvalue weighted by atomic mass is 10.1. The molecule has 0 aliphatic carbocycles. The molecule has 0 unspecified atom stereocenters. The topological polar surface area (TPSA) is 85.9 Å². The maximum Gasteiger partial charge on any atom is 0.220 e. The Bertz CT molecular complexity index is 319. The largest absolute Gasteiger partial charge is 0.377 e. The van der Waals surface area contributed by atoms with E-state index in [1.807, 2.05) is 7.85 Å². The Morgan fingerprint density at radius 3 is 1.79 bits per heavy atom. The monoisotopic (exact) mass is 344 g/mol. The molecule has 24 heavy (non-hydrogen) atoms. The number of amides is 2. The van der Waals surface area contributed by atoms with Gasteiger partial charge in [-0.3, -0.25) is 9.59 Å². The van der Waals surface area contributed by atoms with E-state index in [4.69, 9.17) is 14.2 Å². The van der Waals surface area contributed by atoms with E-state index in [1.54, 1.807) is 0 Å². The molecule has 0 bridgehead atoms. The molecule has 7 nitrogen and oxygen atoms in total. The number of hydrogen-bond acceptors (Lipinski definition) is 5. The van der Waals surface area contributed by atoms with Gasteiger partial charge in [0.2, 0.25) is 11.8 Å². The second-order valence-electron chi connectivity index (χ2n) is 5.35. The fourth-order valence-corrected chi connectivity index (χ4v) is 1.82. The third-order valence-corrected chi connectivity index (χ3v) is 3.21. The van der Waals surface area contributed by atoms with E-state index >= 15 is 0 Å². The predicted molar refractivity (Wildman–Crippen MR) is 96.0 cm³/mol. The van der Waals surface area contributed by atoms with Gasteiger partial charge in [-0.2, -0.15) is 0 Å². The van der Waals surface area contributed by atoms with Crippen LogP contribution in [-0.4, -0.2) is 72.4 Å². The van der Waals surface area contributed by atoms with Crippen molar-refractivity contribution in [2.45, 2.75) is 38.9 Å². The molecule has 0 aromatic heterocycles. The minimum atomic E-state index is 0.0316. The number of hydrogen-bond donors (Lipinski definition) is 2. The van der Waals surface area contributed by atoms with Gasteiger partial charge in [0.05, 0.1) is 39.6 Å². The molecule has 0 fully saturated rings. The molecular formula is C16H33BN2O5. The van der Waals surface area contributed by atoms with Gasteiger partial charge in [0.25, 0.3) is 0 Å². The Labute approximate surface area is 146 Å². The molecular weight excluding hydrogens is 311 g/mol. The van der Waals surface area contributed by atoms with E-state index in [1.165, 1.54) is 0 Å². The van der Waals surface area contributed by atoms with Gasteiger partial charge >= 0.3 is 0 Å². The second kappa shape index (κ2) is 18.2. The standard InChI is InChI=1S/C16H33BN2O5/c1-2-3-4-5-15(20)18-6-8-22-10-12-24-13-11-23-9-7-19-16(21)14-17/h2-14,17H2,1H3,(H,18,20)(H,19,21). The van der Waals surface area contributed by atoms with Crippen molar-refractivity contribution < 1.29 is 23.8 Å². The fraction of sp³-hybridized carbons (Fsp3) is 0.875. The number of ether oxygens (including phenoxy) is 3. The minimum absolute atomic E-state index is 0.0316. The summed E-state index contributed by atoms with van der Waals surface area (Å²) in [6.45, 7) is 6.16. The molecule has 2 amide bonds. The van der Waals surface area contributed by atoms with Crippen LogP contribution in [-0.2, 0) is 23.8 Å². The number of unbranched alkanes of at least 4 members (excludes halogenated alkanes) is 2. The zero-order chi connectivity index (χ0) is 17.9. The SMILES string of the molecule is BCC(=O)NCCOCCOCCOCCNC(=O)CCCCC. The molecule has 0 aromatic rings. The summed E-state index contributed by atoms with van der Waals surface area (Å²) in [5.41, 5.74) is 0. The third kappa shape index (κ3) is 17.2. The summed E-state index contributed by atoms with van der Waals surface area (Å²) in [5.74, 6) is 0.125. The Balaban J connectivity index is 3.12. The summed E-state index contributed by atoms with van der Waals surface area (Å²) in [4.78, 5) is 22.4. The van der Waals surface area contributed by atoms with E-state index in [2.05, 4.69) is 17.6 Å². The number of carbonyl (C=O) groups excluding carboxylic acids is 2. The molecule has 0 radical (unpaired) electrons. The van der Waals surface area contributed by atoms with E-state index in [9.17, 15) is 9.59 Å². The fourth-order valence-electron chi connectivity index (χ4n) is 1.82. The van der Waals surface area contributed by atoms with Gasteiger partial charge in [0, 0.05) is 19.5 Å². The van der Waals surface area contributed by atoms with Crippen LogP contribution in [0.15, 0.2) is 0 Å². The minimum Gasteiger partial charge on any atom is -0.377 e. The van der Waals surface area contributed by atoms with Crippen LogP contribution in [0, 0.1) is 0 Å². The van der Waals surface area contributed by atoms with Gasteiger partial charge < -0.3 is 24.8 Å². The summed E-state index contributed by atoms with van der Waals surface area (Å²) in [6.07, 6.45) is 4.25. The second-order valence-corrected chi connectivity index (χ2v) is 5.35. The average Bonchev–Trinajstić information content (AvgIpc) is 2.58. The smallest absolute Gasteiger partial charge is 0.220 e. The van der Waals surface area contributed by atoms with Crippen LogP contribution in [0.25, 0.3) is 0 Å². The van der Waals surface area contributed by atoms with E-state index in [0.717, 1.165) is 19.3 Å². The van der Waals surface area contributed by atoms with Gasteiger partial charge in [-0.05, 0) is 12.7 Å². The van der Waals surface area contributed by atoms with E-state index in [-0.39, 0.29) is 11.8 Å². The first kappa shape index (κ1) is 22.9. The van der Waals surface area contributed by atoms with Crippen molar-refractivity contribution in [3.8, 4) is 0 Å². The molecule has 0 heterocycles. The average molecular weight is 344 g/mol. The van der Waals surface area contributed by atoms with E-state index in [0.29, 0.717) is 65.5 Å². The molecule has 0 aliphatic rings. The first-order valence-corrected chi connectivity index (χ1v) is 8.97. The van der Waals surface area contributed by atoms with Crippen LogP contribution in [0.1, 0.15) is 32.6 Å². The highest BCUT2D eigenvalue weighted by Gasteiger charge is 1.99. The maximum absolute atomic E-state index is 11.4. The highest BCUT2D eigenvalue weighted by atomic mass is 16.5. The lowest BCUT2D eigenvalue weighted by Crippen LogP contribution is -2.27. The first-order valence-electron chi connectivity index (χ1n) is 8.97. The van der Waals surface area contributed by atoms with Crippen molar-refractivity contribution >= 4 is 19.7 Å². The number of nitrogens with one attached hydrogen (secondary N) is 2. The number of carbonyl (C=O) groups is 2. The van der Waals surface area contributed by atoms with Gasteiger partial charge in [0.1, 0.15) is 7.85 Å². The summed E-state index contributed by atoms with van der Waals surface area (Å²) in [7, 11) is 1.81. The molecule has 140 valence electrons. The molecule has 0 saturated heterocycles. The quantitative estimate of drug-likeness (QED) is 0.284. The van der Waals surface area contributed by atoms with Crippen molar-refractivity contribution in [1.82, 2.24) is 10.6 Å². The van der Waals surface area contributed by atoms with E-state index < -0.39 is 0 Å². The van der Waals surface area contributed by atoms with Gasteiger partial charge in [-0.15, -0.1) is 0 Å². The molecule has 0 aliphatic heterocycles.